The summed E-state index contributed by atoms with van der Waals surface area (Å²) in [5.41, 5.74) is 5.94. The summed E-state index contributed by atoms with van der Waals surface area (Å²) in [6.07, 6.45) is 3.88. The molecule has 0 saturated heterocycles. The average molecular weight is 205 g/mol. The van der Waals surface area contributed by atoms with E-state index in [0.29, 0.717) is 23.4 Å². The first-order chi connectivity index (χ1) is 7.34. The van der Waals surface area contributed by atoms with Crippen LogP contribution in [0.1, 0.15) is 24.8 Å². The minimum Gasteiger partial charge on any atom is -0.461 e. The average Bonchev–Trinajstić information content (AvgIpc) is 2.80. The van der Waals surface area contributed by atoms with Crippen LogP contribution < -0.4 is 5.73 Å². The fourth-order valence-electron chi connectivity index (χ4n) is 1.53. The van der Waals surface area contributed by atoms with E-state index in [1.807, 2.05) is 0 Å². The molecule has 1 aliphatic rings. The van der Waals surface area contributed by atoms with Crippen molar-refractivity contribution in [3.8, 4) is 11.6 Å². The predicted molar refractivity (Wildman–Crippen MR) is 51.7 cm³/mol. The van der Waals surface area contributed by atoms with Gasteiger partial charge in [0.1, 0.15) is 0 Å². The second-order valence-corrected chi connectivity index (χ2v) is 3.80. The van der Waals surface area contributed by atoms with Crippen LogP contribution in [0.2, 0.25) is 0 Å². The molecule has 0 spiro atoms. The summed E-state index contributed by atoms with van der Waals surface area (Å²) in [5.74, 6) is 2.08. The molecule has 0 bridgehead atoms. The quantitative estimate of drug-likeness (QED) is 0.825. The first-order valence-corrected chi connectivity index (χ1v) is 4.97. The Hall–Kier alpha value is -1.62. The van der Waals surface area contributed by atoms with Crippen molar-refractivity contribution in [3.63, 3.8) is 0 Å². The molecule has 1 fully saturated rings. The summed E-state index contributed by atoms with van der Waals surface area (Å²) in [6, 6.07) is 3.45. The molecule has 0 amide bonds. The van der Waals surface area contributed by atoms with Crippen LogP contribution in [0.25, 0.3) is 11.6 Å². The van der Waals surface area contributed by atoms with Crippen LogP contribution in [0.3, 0.4) is 0 Å². The highest BCUT2D eigenvalue weighted by Crippen LogP contribution is 2.39. The Morgan fingerprint density at radius 2 is 2.33 bits per heavy atom. The van der Waals surface area contributed by atoms with Gasteiger partial charge in [0.05, 0.1) is 12.3 Å². The van der Waals surface area contributed by atoms with Gasteiger partial charge in [-0.05, 0) is 30.9 Å². The molecule has 0 aliphatic heterocycles. The van der Waals surface area contributed by atoms with Crippen LogP contribution in [-0.4, -0.2) is 10.1 Å². The second-order valence-electron chi connectivity index (χ2n) is 3.80. The van der Waals surface area contributed by atoms with Crippen molar-refractivity contribution in [1.82, 2.24) is 10.1 Å². The maximum absolute atomic E-state index is 5.94. The maximum atomic E-state index is 5.94. The van der Waals surface area contributed by atoms with Gasteiger partial charge in [0.15, 0.2) is 5.76 Å². The molecular formula is C10H11N3O2. The number of hydrogen-bond acceptors (Lipinski definition) is 5. The predicted octanol–water partition coefficient (Wildman–Crippen LogP) is 1.74. The summed E-state index contributed by atoms with van der Waals surface area (Å²) in [4.78, 5) is 4.22. The molecule has 1 aliphatic carbocycles. The van der Waals surface area contributed by atoms with Crippen molar-refractivity contribution in [2.45, 2.75) is 18.9 Å². The van der Waals surface area contributed by atoms with Gasteiger partial charge in [-0.2, -0.15) is 4.98 Å². The van der Waals surface area contributed by atoms with Crippen LogP contribution in [0.4, 0.5) is 0 Å². The zero-order valence-electron chi connectivity index (χ0n) is 8.09. The van der Waals surface area contributed by atoms with Crippen molar-refractivity contribution >= 4 is 0 Å². The Labute approximate surface area is 86.3 Å². The summed E-state index contributed by atoms with van der Waals surface area (Å²) in [7, 11) is 0. The smallest absolute Gasteiger partial charge is 0.244 e. The van der Waals surface area contributed by atoms with Crippen LogP contribution in [-0.2, 0) is 0 Å². The zero-order chi connectivity index (χ0) is 10.3. The molecule has 78 valence electrons. The van der Waals surface area contributed by atoms with Crippen molar-refractivity contribution in [2.75, 3.05) is 0 Å². The van der Waals surface area contributed by atoms with E-state index in [2.05, 4.69) is 10.1 Å². The second kappa shape index (κ2) is 3.20. The van der Waals surface area contributed by atoms with Crippen LogP contribution in [0, 0.1) is 5.92 Å². The lowest BCUT2D eigenvalue weighted by Crippen LogP contribution is -2.12. The number of aromatic nitrogens is 2. The monoisotopic (exact) mass is 205 g/mol. The highest BCUT2D eigenvalue weighted by atomic mass is 16.5. The van der Waals surface area contributed by atoms with E-state index in [4.69, 9.17) is 14.7 Å². The van der Waals surface area contributed by atoms with Crippen molar-refractivity contribution in [1.29, 1.82) is 0 Å². The van der Waals surface area contributed by atoms with E-state index < -0.39 is 0 Å². The summed E-state index contributed by atoms with van der Waals surface area (Å²) in [5, 5.41) is 3.83. The molecule has 1 saturated carbocycles. The van der Waals surface area contributed by atoms with E-state index in [9.17, 15) is 0 Å². The molecule has 1 unspecified atom stereocenters. The van der Waals surface area contributed by atoms with Gasteiger partial charge in [-0.3, -0.25) is 0 Å². The third-order valence-electron chi connectivity index (χ3n) is 2.60. The molecule has 2 heterocycles. The third kappa shape index (κ3) is 1.55. The molecule has 5 nitrogen and oxygen atoms in total. The van der Waals surface area contributed by atoms with Crippen LogP contribution in [0.5, 0.6) is 0 Å². The van der Waals surface area contributed by atoms with E-state index in [-0.39, 0.29) is 6.04 Å². The SMILES string of the molecule is NC(c1nc(-c2ccco2)no1)C1CC1. The lowest BCUT2D eigenvalue weighted by atomic mass is 10.2. The topological polar surface area (TPSA) is 78.1 Å². The normalized spacial score (nSPS) is 17.9. The van der Waals surface area contributed by atoms with Crippen LogP contribution >= 0.6 is 0 Å². The lowest BCUT2D eigenvalue weighted by molar-refractivity contribution is 0.343. The molecular weight excluding hydrogens is 194 g/mol. The summed E-state index contributed by atoms with van der Waals surface area (Å²) in [6.45, 7) is 0. The molecule has 0 radical (unpaired) electrons. The van der Waals surface area contributed by atoms with Gasteiger partial charge in [0.2, 0.25) is 11.7 Å². The molecule has 2 aromatic heterocycles. The number of rotatable bonds is 3. The van der Waals surface area contributed by atoms with Gasteiger partial charge >= 0.3 is 0 Å². The Morgan fingerprint density at radius 1 is 1.47 bits per heavy atom. The molecule has 15 heavy (non-hydrogen) atoms. The van der Waals surface area contributed by atoms with Gasteiger partial charge in [0, 0.05) is 0 Å². The van der Waals surface area contributed by atoms with E-state index in [1.54, 1.807) is 18.4 Å². The van der Waals surface area contributed by atoms with Gasteiger partial charge in [-0.25, -0.2) is 0 Å². The van der Waals surface area contributed by atoms with Gasteiger partial charge < -0.3 is 14.7 Å². The Morgan fingerprint density at radius 3 is 3.00 bits per heavy atom. The van der Waals surface area contributed by atoms with Crippen molar-refractivity contribution in [3.05, 3.63) is 24.3 Å². The summed E-state index contributed by atoms with van der Waals surface area (Å²) < 4.78 is 10.3. The molecule has 2 N–H and O–H groups in total. The zero-order valence-corrected chi connectivity index (χ0v) is 8.09. The van der Waals surface area contributed by atoms with Crippen molar-refractivity contribution < 1.29 is 8.94 Å². The first kappa shape index (κ1) is 8.67. The molecule has 0 aromatic carbocycles. The number of furan rings is 1. The first-order valence-electron chi connectivity index (χ1n) is 4.97. The Kier molecular flexibility index (Phi) is 1.85. The van der Waals surface area contributed by atoms with E-state index in [1.165, 1.54) is 0 Å². The standard InChI is InChI=1S/C10H11N3O2/c11-8(6-3-4-6)10-12-9(13-15-10)7-2-1-5-14-7/h1-2,5-6,8H,3-4,11H2. The van der Waals surface area contributed by atoms with Gasteiger partial charge in [0.25, 0.3) is 0 Å². The largest absolute Gasteiger partial charge is 0.461 e. The third-order valence-corrected chi connectivity index (χ3v) is 2.60. The fourth-order valence-corrected chi connectivity index (χ4v) is 1.53. The van der Waals surface area contributed by atoms with E-state index >= 15 is 0 Å². The van der Waals surface area contributed by atoms with Gasteiger partial charge in [-0.1, -0.05) is 5.16 Å². The highest BCUT2D eigenvalue weighted by molar-refractivity contribution is 5.44. The van der Waals surface area contributed by atoms with Gasteiger partial charge in [-0.15, -0.1) is 0 Å². The maximum Gasteiger partial charge on any atom is 0.244 e. The Bertz CT molecular complexity index is 445. The number of hydrogen-bond donors (Lipinski definition) is 1. The molecule has 2 aromatic rings. The molecule has 1 atom stereocenters. The minimum atomic E-state index is -0.124. The van der Waals surface area contributed by atoms with Crippen LogP contribution in [0.15, 0.2) is 27.3 Å². The lowest BCUT2D eigenvalue weighted by Gasteiger charge is -2.01. The molecule has 3 rings (SSSR count). The van der Waals surface area contributed by atoms with Crippen molar-refractivity contribution in [2.24, 2.45) is 11.7 Å². The Balaban J connectivity index is 1.87. The van der Waals surface area contributed by atoms with E-state index in [0.717, 1.165) is 12.8 Å². The number of nitrogens with zero attached hydrogens (tertiary/aromatic N) is 2. The molecule has 5 heteroatoms. The fraction of sp³-hybridized carbons (Fsp3) is 0.400. The summed E-state index contributed by atoms with van der Waals surface area (Å²) >= 11 is 0. The minimum absolute atomic E-state index is 0.124. The highest BCUT2D eigenvalue weighted by Gasteiger charge is 2.33. The number of nitrogens with two attached hydrogens (primary N) is 1.